The first-order valence-electron chi connectivity index (χ1n) is 5.81. The van der Waals surface area contributed by atoms with Gasteiger partial charge in [0, 0.05) is 10.7 Å². The zero-order valence-electron chi connectivity index (χ0n) is 10.8. The van der Waals surface area contributed by atoms with E-state index in [-0.39, 0.29) is 6.54 Å². The number of esters is 1. The number of benzene rings is 1. The Labute approximate surface area is 116 Å². The molecule has 6 heteroatoms. The summed E-state index contributed by atoms with van der Waals surface area (Å²) in [5.74, 6) is -1.48. The highest BCUT2D eigenvalue weighted by Gasteiger charge is 2.26. The van der Waals surface area contributed by atoms with E-state index in [1.165, 1.54) is 12.0 Å². The van der Waals surface area contributed by atoms with E-state index in [0.29, 0.717) is 17.1 Å². The van der Waals surface area contributed by atoms with Crippen molar-refractivity contribution in [3.05, 3.63) is 29.3 Å². The number of hydrogen-bond donors (Lipinski definition) is 1. The molecular formula is C13H16ClNO4. The van der Waals surface area contributed by atoms with Crippen molar-refractivity contribution in [1.29, 1.82) is 0 Å². The van der Waals surface area contributed by atoms with Gasteiger partial charge in [-0.1, -0.05) is 18.5 Å². The molecule has 19 heavy (non-hydrogen) atoms. The van der Waals surface area contributed by atoms with Crippen LogP contribution in [-0.2, 0) is 14.3 Å². The zero-order valence-corrected chi connectivity index (χ0v) is 11.6. The molecule has 0 aliphatic carbocycles. The summed E-state index contributed by atoms with van der Waals surface area (Å²) in [6.45, 7) is 1.63. The minimum absolute atomic E-state index is 0.122. The highest BCUT2D eigenvalue weighted by atomic mass is 35.5. The van der Waals surface area contributed by atoms with Gasteiger partial charge in [-0.3, -0.25) is 4.79 Å². The minimum Gasteiger partial charge on any atom is -0.480 e. The molecule has 1 aromatic rings. The number of carboxylic acid groups (broad SMARTS) is 1. The van der Waals surface area contributed by atoms with E-state index >= 15 is 0 Å². The molecule has 5 nitrogen and oxygen atoms in total. The first kappa shape index (κ1) is 15.3. The second-order valence-corrected chi connectivity index (χ2v) is 4.38. The molecule has 0 spiro atoms. The summed E-state index contributed by atoms with van der Waals surface area (Å²) >= 11 is 5.80. The Balaban J connectivity index is 3.06. The number of halogens is 1. The lowest BCUT2D eigenvalue weighted by Gasteiger charge is -2.29. The minimum atomic E-state index is -0.985. The predicted molar refractivity (Wildman–Crippen MR) is 72.5 cm³/mol. The number of anilines is 1. The van der Waals surface area contributed by atoms with Crippen LogP contribution in [0, 0.1) is 0 Å². The monoisotopic (exact) mass is 285 g/mol. The molecule has 0 aliphatic rings. The number of aliphatic carboxylic acids is 1. The van der Waals surface area contributed by atoms with Gasteiger partial charge in [0.15, 0.2) is 0 Å². The number of carbonyl (C=O) groups is 2. The fraction of sp³-hybridized carbons (Fsp3) is 0.385. The van der Waals surface area contributed by atoms with Gasteiger partial charge in [0.2, 0.25) is 0 Å². The highest BCUT2D eigenvalue weighted by Crippen LogP contribution is 2.21. The Bertz CT molecular complexity index is 446. The molecule has 0 bridgehead atoms. The van der Waals surface area contributed by atoms with Gasteiger partial charge in [0.25, 0.3) is 0 Å². The van der Waals surface area contributed by atoms with Crippen molar-refractivity contribution in [3.8, 4) is 0 Å². The summed E-state index contributed by atoms with van der Waals surface area (Å²) in [5, 5.41) is 9.77. The normalized spacial score (nSPS) is 11.7. The number of hydrogen-bond acceptors (Lipinski definition) is 4. The van der Waals surface area contributed by atoms with Gasteiger partial charge in [-0.25, -0.2) is 4.79 Å². The summed E-state index contributed by atoms with van der Waals surface area (Å²) in [7, 11) is 1.27. The molecule has 0 heterocycles. The quantitative estimate of drug-likeness (QED) is 0.812. The van der Waals surface area contributed by atoms with Crippen molar-refractivity contribution >= 4 is 29.2 Å². The third-order valence-corrected chi connectivity index (χ3v) is 2.99. The van der Waals surface area contributed by atoms with Gasteiger partial charge < -0.3 is 14.7 Å². The fourth-order valence-electron chi connectivity index (χ4n) is 1.75. The van der Waals surface area contributed by atoms with E-state index in [4.69, 9.17) is 11.6 Å². The van der Waals surface area contributed by atoms with E-state index in [0.717, 1.165) is 0 Å². The van der Waals surface area contributed by atoms with Crippen molar-refractivity contribution in [2.45, 2.75) is 19.4 Å². The standard InChI is InChI=1S/C13H16ClNO4/c1-3-11(13(17)18)15(8-12(16)19-2)10-6-4-9(14)5-7-10/h4-7,11H,3,8H2,1-2H3,(H,17,18)/t11-/m1/s1. The third-order valence-electron chi connectivity index (χ3n) is 2.73. The molecule has 0 saturated carbocycles. The van der Waals surface area contributed by atoms with Crippen LogP contribution in [0.1, 0.15) is 13.3 Å². The van der Waals surface area contributed by atoms with Crippen molar-refractivity contribution in [2.24, 2.45) is 0 Å². The van der Waals surface area contributed by atoms with E-state index in [1.54, 1.807) is 31.2 Å². The first-order chi connectivity index (χ1) is 8.99. The summed E-state index contributed by atoms with van der Waals surface area (Å²) < 4.78 is 4.60. The lowest BCUT2D eigenvalue weighted by molar-refractivity contribution is -0.140. The number of ether oxygens (including phenoxy) is 1. The Morgan fingerprint density at radius 3 is 2.37 bits per heavy atom. The molecule has 0 radical (unpaired) electrons. The number of carbonyl (C=O) groups excluding carboxylic acids is 1. The van der Waals surface area contributed by atoms with E-state index in [1.807, 2.05) is 0 Å². The molecule has 0 aromatic heterocycles. The topological polar surface area (TPSA) is 66.8 Å². The molecule has 1 N–H and O–H groups in total. The lowest BCUT2D eigenvalue weighted by Crippen LogP contribution is -2.44. The van der Waals surface area contributed by atoms with Crippen molar-refractivity contribution in [2.75, 3.05) is 18.6 Å². The summed E-state index contributed by atoms with van der Waals surface area (Å²) in [6.07, 6.45) is 0.370. The smallest absolute Gasteiger partial charge is 0.326 e. The van der Waals surface area contributed by atoms with Crippen LogP contribution in [0.5, 0.6) is 0 Å². The van der Waals surface area contributed by atoms with E-state index in [9.17, 15) is 14.7 Å². The molecule has 0 amide bonds. The van der Waals surface area contributed by atoms with Crippen LogP contribution >= 0.6 is 11.6 Å². The van der Waals surface area contributed by atoms with Crippen LogP contribution < -0.4 is 4.90 Å². The molecular weight excluding hydrogens is 270 g/mol. The number of methoxy groups -OCH3 is 1. The second-order valence-electron chi connectivity index (χ2n) is 3.94. The van der Waals surface area contributed by atoms with Crippen LogP contribution in [0.3, 0.4) is 0 Å². The molecule has 0 aliphatic heterocycles. The maximum absolute atomic E-state index is 11.4. The largest absolute Gasteiger partial charge is 0.480 e. The van der Waals surface area contributed by atoms with Crippen molar-refractivity contribution < 1.29 is 19.4 Å². The average Bonchev–Trinajstić information content (AvgIpc) is 2.38. The Morgan fingerprint density at radius 2 is 1.95 bits per heavy atom. The van der Waals surface area contributed by atoms with E-state index in [2.05, 4.69) is 4.74 Å². The maximum Gasteiger partial charge on any atom is 0.326 e. The molecule has 0 unspecified atom stereocenters. The predicted octanol–water partition coefficient (Wildman–Crippen LogP) is 2.18. The second kappa shape index (κ2) is 6.99. The molecule has 1 rings (SSSR count). The van der Waals surface area contributed by atoms with Crippen molar-refractivity contribution in [3.63, 3.8) is 0 Å². The molecule has 1 aromatic carbocycles. The van der Waals surface area contributed by atoms with Crippen LogP contribution in [0.15, 0.2) is 24.3 Å². The van der Waals surface area contributed by atoms with E-state index < -0.39 is 18.0 Å². The van der Waals surface area contributed by atoms with Crippen LogP contribution in [0.25, 0.3) is 0 Å². The number of nitrogens with zero attached hydrogens (tertiary/aromatic N) is 1. The third kappa shape index (κ3) is 4.13. The Kier molecular flexibility index (Phi) is 5.63. The van der Waals surface area contributed by atoms with Crippen LogP contribution in [-0.4, -0.2) is 36.7 Å². The maximum atomic E-state index is 11.4. The van der Waals surface area contributed by atoms with Gasteiger partial charge in [-0.05, 0) is 30.7 Å². The highest BCUT2D eigenvalue weighted by molar-refractivity contribution is 6.30. The average molecular weight is 286 g/mol. The number of carboxylic acids is 1. The summed E-state index contributed by atoms with van der Waals surface area (Å²) in [5.41, 5.74) is 0.615. The summed E-state index contributed by atoms with van der Waals surface area (Å²) in [6, 6.07) is 5.86. The number of rotatable bonds is 6. The Hall–Kier alpha value is -1.75. The molecule has 1 atom stereocenters. The van der Waals surface area contributed by atoms with Gasteiger partial charge in [0.05, 0.1) is 7.11 Å². The van der Waals surface area contributed by atoms with Crippen LogP contribution in [0.2, 0.25) is 5.02 Å². The molecule has 0 saturated heterocycles. The fourth-order valence-corrected chi connectivity index (χ4v) is 1.87. The Morgan fingerprint density at radius 1 is 1.37 bits per heavy atom. The first-order valence-corrected chi connectivity index (χ1v) is 6.19. The van der Waals surface area contributed by atoms with Gasteiger partial charge >= 0.3 is 11.9 Å². The van der Waals surface area contributed by atoms with Gasteiger partial charge in [-0.15, -0.1) is 0 Å². The van der Waals surface area contributed by atoms with Gasteiger partial charge in [0.1, 0.15) is 12.6 Å². The molecule has 0 fully saturated rings. The SMILES string of the molecule is CC[C@H](C(=O)O)N(CC(=O)OC)c1ccc(Cl)cc1. The van der Waals surface area contributed by atoms with Crippen molar-refractivity contribution in [1.82, 2.24) is 0 Å². The summed E-state index contributed by atoms with van der Waals surface area (Å²) in [4.78, 5) is 24.2. The van der Waals surface area contributed by atoms with Gasteiger partial charge in [-0.2, -0.15) is 0 Å². The van der Waals surface area contributed by atoms with Crippen LogP contribution in [0.4, 0.5) is 5.69 Å². The zero-order chi connectivity index (χ0) is 14.4. The molecule has 104 valence electrons. The lowest BCUT2D eigenvalue weighted by atomic mass is 10.1.